The Balaban J connectivity index is 1.87. The van der Waals surface area contributed by atoms with Crippen molar-refractivity contribution in [3.63, 3.8) is 0 Å². The molecule has 5 heteroatoms. The quantitative estimate of drug-likeness (QED) is 0.708. The third kappa shape index (κ3) is 2.90. The van der Waals surface area contributed by atoms with Gasteiger partial charge in [0, 0.05) is 19.2 Å². The van der Waals surface area contributed by atoms with Crippen LogP contribution in [0.25, 0.3) is 0 Å². The van der Waals surface area contributed by atoms with Crippen LogP contribution in [-0.2, 0) is 14.3 Å². The largest absolute Gasteiger partial charge is 0.375 e. The zero-order valence-electron chi connectivity index (χ0n) is 11.4. The Morgan fingerprint density at radius 2 is 2.06 bits per heavy atom. The molecule has 102 valence electrons. The molecule has 2 amide bonds. The van der Waals surface area contributed by atoms with E-state index in [-0.39, 0.29) is 35.9 Å². The molecule has 0 aromatic heterocycles. The van der Waals surface area contributed by atoms with Crippen LogP contribution in [0.15, 0.2) is 0 Å². The van der Waals surface area contributed by atoms with Crippen LogP contribution in [0.1, 0.15) is 40.0 Å². The zero-order valence-corrected chi connectivity index (χ0v) is 11.4. The summed E-state index contributed by atoms with van der Waals surface area (Å²) in [6.45, 7) is 7.11. The number of rotatable bonds is 6. The molecule has 1 saturated heterocycles. The number of likely N-dealkylation sites (tertiary alicyclic amines) is 1. The van der Waals surface area contributed by atoms with Gasteiger partial charge in [0.15, 0.2) is 0 Å². The number of carbonyl (C=O) groups excluding carboxylic acids is 2. The topological polar surface area (TPSA) is 58.6 Å². The highest BCUT2D eigenvalue weighted by Gasteiger charge is 2.46. The van der Waals surface area contributed by atoms with Gasteiger partial charge in [-0.15, -0.1) is 0 Å². The van der Waals surface area contributed by atoms with Crippen molar-refractivity contribution in [2.24, 2.45) is 0 Å². The normalized spacial score (nSPS) is 25.1. The maximum absolute atomic E-state index is 12.1. The minimum Gasteiger partial charge on any atom is -0.375 e. The fraction of sp³-hybridized carbons (Fsp3) is 0.846. The van der Waals surface area contributed by atoms with Crippen molar-refractivity contribution < 1.29 is 14.3 Å². The second-order valence-corrected chi connectivity index (χ2v) is 5.66. The Bertz CT molecular complexity index is 350. The minimum atomic E-state index is -0.363. The molecule has 0 bridgehead atoms. The van der Waals surface area contributed by atoms with Crippen molar-refractivity contribution in [3.8, 4) is 0 Å². The van der Waals surface area contributed by atoms with Gasteiger partial charge in [0.2, 0.25) is 11.8 Å². The van der Waals surface area contributed by atoms with E-state index >= 15 is 0 Å². The molecule has 1 heterocycles. The molecule has 1 N–H and O–H groups in total. The highest BCUT2D eigenvalue weighted by molar-refractivity contribution is 6.06. The first-order valence-corrected chi connectivity index (χ1v) is 6.68. The summed E-state index contributed by atoms with van der Waals surface area (Å²) in [5.41, 5.74) is -0.314. The standard InChI is InChI=1S/C13H22N2O3/c1-4-18-13(2,3)8-14-10-7-11(16)15(12(10)17)9-5-6-9/h9-10,14H,4-8H2,1-3H3. The number of carbonyl (C=O) groups is 2. The Labute approximate surface area is 108 Å². The van der Waals surface area contributed by atoms with Gasteiger partial charge in [-0.05, 0) is 33.6 Å². The minimum absolute atomic E-state index is 0.0331. The van der Waals surface area contributed by atoms with E-state index in [2.05, 4.69) is 5.32 Å². The maximum atomic E-state index is 12.1. The highest BCUT2D eigenvalue weighted by atomic mass is 16.5. The molecule has 1 aliphatic carbocycles. The van der Waals surface area contributed by atoms with Crippen molar-refractivity contribution >= 4 is 11.8 Å². The molecule has 2 rings (SSSR count). The molecule has 1 atom stereocenters. The van der Waals surface area contributed by atoms with Gasteiger partial charge in [-0.2, -0.15) is 0 Å². The third-order valence-electron chi connectivity index (χ3n) is 3.40. The summed E-state index contributed by atoms with van der Waals surface area (Å²) in [7, 11) is 0. The Morgan fingerprint density at radius 3 is 2.61 bits per heavy atom. The van der Waals surface area contributed by atoms with Crippen molar-refractivity contribution in [2.75, 3.05) is 13.2 Å². The van der Waals surface area contributed by atoms with E-state index in [0.29, 0.717) is 13.2 Å². The van der Waals surface area contributed by atoms with Crippen LogP contribution in [0.2, 0.25) is 0 Å². The van der Waals surface area contributed by atoms with Crippen LogP contribution in [0, 0.1) is 0 Å². The van der Waals surface area contributed by atoms with E-state index in [1.54, 1.807) is 0 Å². The van der Waals surface area contributed by atoms with Gasteiger partial charge < -0.3 is 10.1 Å². The summed E-state index contributed by atoms with van der Waals surface area (Å²) in [5.74, 6) is -0.0935. The average Bonchev–Trinajstić information content (AvgIpc) is 3.04. The van der Waals surface area contributed by atoms with Crippen molar-refractivity contribution in [1.29, 1.82) is 0 Å². The molecule has 2 aliphatic rings. The van der Waals surface area contributed by atoms with E-state index in [9.17, 15) is 9.59 Å². The molecule has 2 fully saturated rings. The van der Waals surface area contributed by atoms with Crippen LogP contribution in [0.5, 0.6) is 0 Å². The summed E-state index contributed by atoms with van der Waals surface area (Å²) in [5, 5.41) is 3.16. The van der Waals surface area contributed by atoms with Gasteiger partial charge in [0.1, 0.15) is 0 Å². The lowest BCUT2D eigenvalue weighted by Gasteiger charge is -2.26. The number of ether oxygens (including phenoxy) is 1. The smallest absolute Gasteiger partial charge is 0.247 e. The zero-order chi connectivity index (χ0) is 13.3. The molecular weight excluding hydrogens is 232 g/mol. The third-order valence-corrected chi connectivity index (χ3v) is 3.40. The van der Waals surface area contributed by atoms with Crippen LogP contribution < -0.4 is 5.32 Å². The molecule has 18 heavy (non-hydrogen) atoms. The number of hydrogen-bond acceptors (Lipinski definition) is 4. The van der Waals surface area contributed by atoms with E-state index in [0.717, 1.165) is 12.8 Å². The number of imide groups is 1. The molecule has 5 nitrogen and oxygen atoms in total. The van der Waals surface area contributed by atoms with Gasteiger partial charge in [-0.25, -0.2) is 0 Å². The summed E-state index contributed by atoms with van der Waals surface area (Å²) in [4.78, 5) is 25.3. The van der Waals surface area contributed by atoms with Crippen molar-refractivity contribution in [1.82, 2.24) is 10.2 Å². The fourth-order valence-corrected chi connectivity index (χ4v) is 2.34. The van der Waals surface area contributed by atoms with Gasteiger partial charge >= 0.3 is 0 Å². The van der Waals surface area contributed by atoms with Crippen LogP contribution >= 0.6 is 0 Å². The number of hydrogen-bond donors (Lipinski definition) is 1. The van der Waals surface area contributed by atoms with E-state index < -0.39 is 0 Å². The molecule has 0 radical (unpaired) electrons. The highest BCUT2D eigenvalue weighted by Crippen LogP contribution is 2.31. The Kier molecular flexibility index (Phi) is 3.73. The first-order chi connectivity index (χ1) is 8.44. The Morgan fingerprint density at radius 1 is 1.39 bits per heavy atom. The van der Waals surface area contributed by atoms with Gasteiger partial charge in [0.25, 0.3) is 0 Å². The van der Waals surface area contributed by atoms with E-state index in [4.69, 9.17) is 4.74 Å². The second-order valence-electron chi connectivity index (χ2n) is 5.66. The predicted molar refractivity (Wildman–Crippen MR) is 67.0 cm³/mol. The second kappa shape index (κ2) is 4.97. The lowest BCUT2D eigenvalue weighted by molar-refractivity contribution is -0.139. The fourth-order valence-electron chi connectivity index (χ4n) is 2.34. The van der Waals surface area contributed by atoms with Crippen LogP contribution in [0.3, 0.4) is 0 Å². The molecule has 1 saturated carbocycles. The van der Waals surface area contributed by atoms with Gasteiger partial charge in [-0.3, -0.25) is 14.5 Å². The number of nitrogens with one attached hydrogen (secondary N) is 1. The van der Waals surface area contributed by atoms with Gasteiger partial charge in [0.05, 0.1) is 18.1 Å². The van der Waals surface area contributed by atoms with E-state index in [1.165, 1.54) is 4.90 Å². The first-order valence-electron chi connectivity index (χ1n) is 6.68. The molecule has 0 spiro atoms. The van der Waals surface area contributed by atoms with Crippen molar-refractivity contribution in [3.05, 3.63) is 0 Å². The molecule has 0 aromatic carbocycles. The van der Waals surface area contributed by atoms with Crippen molar-refractivity contribution in [2.45, 2.75) is 57.7 Å². The van der Waals surface area contributed by atoms with Gasteiger partial charge in [-0.1, -0.05) is 0 Å². The maximum Gasteiger partial charge on any atom is 0.247 e. The lowest BCUT2D eigenvalue weighted by Crippen LogP contribution is -2.46. The van der Waals surface area contributed by atoms with Crippen LogP contribution in [-0.4, -0.2) is 47.6 Å². The van der Waals surface area contributed by atoms with Crippen LogP contribution in [0.4, 0.5) is 0 Å². The molecule has 1 aliphatic heterocycles. The molecule has 0 aromatic rings. The number of nitrogens with zero attached hydrogens (tertiary/aromatic N) is 1. The Hall–Kier alpha value is -0.940. The first kappa shape index (κ1) is 13.5. The summed E-state index contributed by atoms with van der Waals surface area (Å²) < 4.78 is 5.57. The molecule has 1 unspecified atom stereocenters. The average molecular weight is 254 g/mol. The molecular formula is C13H22N2O3. The monoisotopic (exact) mass is 254 g/mol. The SMILES string of the molecule is CCOC(C)(C)CNC1CC(=O)N(C2CC2)C1=O. The predicted octanol–water partition coefficient (Wildman–Crippen LogP) is 0.681. The lowest BCUT2D eigenvalue weighted by atomic mass is 10.1. The summed E-state index contributed by atoms with van der Waals surface area (Å²) in [6.07, 6.45) is 2.22. The summed E-state index contributed by atoms with van der Waals surface area (Å²) >= 11 is 0. The van der Waals surface area contributed by atoms with E-state index in [1.807, 2.05) is 20.8 Å². The number of amides is 2. The summed E-state index contributed by atoms with van der Waals surface area (Å²) in [6, 6.07) is -0.186.